The number of anilines is 2. The predicted octanol–water partition coefficient (Wildman–Crippen LogP) is 3.87. The van der Waals surface area contributed by atoms with E-state index in [4.69, 9.17) is 14.2 Å². The molecule has 3 aromatic rings. The molecule has 35 heavy (non-hydrogen) atoms. The van der Waals surface area contributed by atoms with Crippen LogP contribution < -0.4 is 24.2 Å². The first-order chi connectivity index (χ1) is 16.8. The Kier molecular flexibility index (Phi) is 7.21. The van der Waals surface area contributed by atoms with Gasteiger partial charge in [0.25, 0.3) is 15.9 Å². The minimum atomic E-state index is -3.86. The molecule has 0 aliphatic carbocycles. The van der Waals surface area contributed by atoms with E-state index < -0.39 is 15.9 Å². The number of ether oxygens (including phenoxy) is 3. The Balaban J connectivity index is 1.34. The van der Waals surface area contributed by atoms with Crippen LogP contribution in [0.25, 0.3) is 0 Å². The molecule has 0 aromatic heterocycles. The van der Waals surface area contributed by atoms with Crippen molar-refractivity contribution in [3.8, 4) is 17.2 Å². The lowest BCUT2D eigenvalue weighted by atomic mass is 10.1. The molecule has 9 nitrogen and oxygen atoms in total. The molecule has 0 saturated carbocycles. The molecule has 1 aliphatic heterocycles. The second-order valence-corrected chi connectivity index (χ2v) is 9.45. The standard InChI is InChI=1S/C25H24N2O7S/c1-17(28)18-4-2-5-21(14-18)34-16-25(29)26-19-6-8-20(9-7-19)27-35(30,31)22-10-11-23-24(15-22)33-13-3-12-32-23/h2,4-11,14-15,27H,3,12-13,16H2,1H3,(H,26,29). The molecule has 0 fully saturated rings. The lowest BCUT2D eigenvalue weighted by molar-refractivity contribution is -0.118. The molecular formula is C25H24N2O7S. The van der Waals surface area contributed by atoms with Crippen molar-refractivity contribution in [2.45, 2.75) is 18.2 Å². The lowest BCUT2D eigenvalue weighted by Crippen LogP contribution is -2.20. The highest BCUT2D eigenvalue weighted by atomic mass is 32.2. The maximum Gasteiger partial charge on any atom is 0.262 e. The Hall–Kier alpha value is -4.05. The number of ketones is 1. The fraction of sp³-hybridized carbons (Fsp3) is 0.200. The van der Waals surface area contributed by atoms with E-state index in [1.165, 1.54) is 31.2 Å². The largest absolute Gasteiger partial charge is 0.490 e. The fourth-order valence-electron chi connectivity index (χ4n) is 3.30. The summed E-state index contributed by atoms with van der Waals surface area (Å²) >= 11 is 0. The zero-order valence-electron chi connectivity index (χ0n) is 18.9. The first-order valence-electron chi connectivity index (χ1n) is 10.9. The van der Waals surface area contributed by atoms with E-state index in [-0.39, 0.29) is 17.3 Å². The predicted molar refractivity (Wildman–Crippen MR) is 130 cm³/mol. The molecule has 0 saturated heterocycles. The van der Waals surface area contributed by atoms with Gasteiger partial charge in [0.15, 0.2) is 23.9 Å². The third-order valence-electron chi connectivity index (χ3n) is 5.06. The van der Waals surface area contributed by atoms with Gasteiger partial charge in [-0.05, 0) is 55.5 Å². The number of rotatable bonds is 8. The van der Waals surface area contributed by atoms with E-state index >= 15 is 0 Å². The van der Waals surface area contributed by atoms with Gasteiger partial charge in [-0.1, -0.05) is 12.1 Å². The van der Waals surface area contributed by atoms with Crippen LogP contribution in [0, 0.1) is 0 Å². The monoisotopic (exact) mass is 496 g/mol. The van der Waals surface area contributed by atoms with E-state index in [1.54, 1.807) is 42.5 Å². The molecule has 0 bridgehead atoms. The Labute approximate surface area is 203 Å². The maximum absolute atomic E-state index is 12.8. The van der Waals surface area contributed by atoms with Crippen molar-refractivity contribution in [3.63, 3.8) is 0 Å². The van der Waals surface area contributed by atoms with Gasteiger partial charge in [0.2, 0.25) is 0 Å². The molecule has 182 valence electrons. The number of sulfonamides is 1. The number of hydrogen-bond donors (Lipinski definition) is 2. The minimum Gasteiger partial charge on any atom is -0.490 e. The van der Waals surface area contributed by atoms with Crippen molar-refractivity contribution in [2.75, 3.05) is 29.9 Å². The van der Waals surface area contributed by atoms with Gasteiger partial charge in [0.05, 0.1) is 18.1 Å². The van der Waals surface area contributed by atoms with Crippen molar-refractivity contribution in [1.29, 1.82) is 0 Å². The topological polar surface area (TPSA) is 120 Å². The SMILES string of the molecule is CC(=O)c1cccc(OCC(=O)Nc2ccc(NS(=O)(=O)c3ccc4c(c3)OCCCO4)cc2)c1. The number of Topliss-reactive ketones (excluding diaryl/α,β-unsaturated/α-hetero) is 1. The number of amides is 1. The van der Waals surface area contributed by atoms with Gasteiger partial charge in [-0.3, -0.25) is 14.3 Å². The molecule has 10 heteroatoms. The molecule has 1 heterocycles. The first kappa shape index (κ1) is 24.1. The van der Waals surface area contributed by atoms with Crippen molar-refractivity contribution in [1.82, 2.24) is 0 Å². The Morgan fingerprint density at radius 2 is 1.63 bits per heavy atom. The Bertz CT molecular complexity index is 1340. The number of hydrogen-bond acceptors (Lipinski definition) is 7. The smallest absolute Gasteiger partial charge is 0.262 e. The molecular weight excluding hydrogens is 472 g/mol. The van der Waals surface area contributed by atoms with Crippen molar-refractivity contribution < 1.29 is 32.2 Å². The minimum absolute atomic E-state index is 0.0464. The average molecular weight is 497 g/mol. The molecule has 3 aromatic carbocycles. The summed E-state index contributed by atoms with van der Waals surface area (Å²) in [7, 11) is -3.86. The molecule has 2 N–H and O–H groups in total. The Morgan fingerprint density at radius 3 is 2.37 bits per heavy atom. The summed E-state index contributed by atoms with van der Waals surface area (Å²) in [4.78, 5) is 23.7. The van der Waals surface area contributed by atoms with E-state index in [9.17, 15) is 18.0 Å². The number of nitrogens with one attached hydrogen (secondary N) is 2. The molecule has 0 spiro atoms. The van der Waals surface area contributed by atoms with Crippen LogP contribution in [-0.2, 0) is 14.8 Å². The van der Waals surface area contributed by atoms with E-state index in [0.717, 1.165) is 6.42 Å². The summed E-state index contributed by atoms with van der Waals surface area (Å²) in [6.07, 6.45) is 0.719. The van der Waals surface area contributed by atoms with Crippen LogP contribution in [0.3, 0.4) is 0 Å². The number of fused-ring (bicyclic) bond motifs is 1. The van der Waals surface area contributed by atoms with Gasteiger partial charge in [-0.2, -0.15) is 0 Å². The highest BCUT2D eigenvalue weighted by Gasteiger charge is 2.19. The quantitative estimate of drug-likeness (QED) is 0.454. The van der Waals surface area contributed by atoms with Crippen LogP contribution in [0.1, 0.15) is 23.7 Å². The normalized spacial score (nSPS) is 12.8. The van der Waals surface area contributed by atoms with E-state index in [2.05, 4.69) is 10.0 Å². The third-order valence-corrected chi connectivity index (χ3v) is 6.44. The summed E-state index contributed by atoms with van der Waals surface area (Å²) < 4.78 is 44.7. The van der Waals surface area contributed by atoms with Crippen LogP contribution in [-0.4, -0.2) is 39.9 Å². The van der Waals surface area contributed by atoms with Gasteiger partial charge < -0.3 is 19.5 Å². The second kappa shape index (κ2) is 10.5. The molecule has 0 unspecified atom stereocenters. The van der Waals surface area contributed by atoms with Crippen molar-refractivity contribution in [3.05, 3.63) is 72.3 Å². The van der Waals surface area contributed by atoms with Crippen LogP contribution in [0.4, 0.5) is 11.4 Å². The van der Waals surface area contributed by atoms with Gasteiger partial charge in [0.1, 0.15) is 5.75 Å². The molecule has 1 aliphatic rings. The summed E-state index contributed by atoms with van der Waals surface area (Å²) in [5, 5.41) is 2.67. The third kappa shape index (κ3) is 6.30. The van der Waals surface area contributed by atoms with E-state index in [0.29, 0.717) is 47.4 Å². The van der Waals surface area contributed by atoms with Gasteiger partial charge in [-0.15, -0.1) is 0 Å². The fourth-order valence-corrected chi connectivity index (χ4v) is 4.37. The van der Waals surface area contributed by atoms with Gasteiger partial charge in [-0.25, -0.2) is 8.42 Å². The number of carbonyl (C=O) groups excluding carboxylic acids is 2. The van der Waals surface area contributed by atoms with Gasteiger partial charge >= 0.3 is 0 Å². The van der Waals surface area contributed by atoms with Gasteiger partial charge in [0, 0.05) is 29.4 Å². The van der Waals surface area contributed by atoms with E-state index in [1.807, 2.05) is 0 Å². The molecule has 4 rings (SSSR count). The van der Waals surface area contributed by atoms with Crippen molar-refractivity contribution >= 4 is 33.1 Å². The number of benzene rings is 3. The Morgan fingerprint density at radius 1 is 0.914 bits per heavy atom. The molecule has 0 atom stereocenters. The lowest BCUT2D eigenvalue weighted by Gasteiger charge is -2.12. The average Bonchev–Trinajstić information content (AvgIpc) is 3.09. The summed E-state index contributed by atoms with van der Waals surface area (Å²) in [5.74, 6) is 0.807. The second-order valence-electron chi connectivity index (χ2n) is 7.76. The molecule has 1 amide bonds. The van der Waals surface area contributed by atoms with Crippen LogP contribution in [0.2, 0.25) is 0 Å². The summed E-state index contributed by atoms with van der Waals surface area (Å²) in [5.41, 5.74) is 1.29. The zero-order chi connectivity index (χ0) is 24.8. The first-order valence-corrected chi connectivity index (χ1v) is 12.3. The van der Waals surface area contributed by atoms with Crippen LogP contribution in [0.15, 0.2) is 71.6 Å². The van der Waals surface area contributed by atoms with Crippen LogP contribution >= 0.6 is 0 Å². The highest BCUT2D eigenvalue weighted by Crippen LogP contribution is 2.32. The zero-order valence-corrected chi connectivity index (χ0v) is 19.8. The molecule has 0 radical (unpaired) electrons. The summed E-state index contributed by atoms with van der Waals surface area (Å²) in [6, 6.07) is 17.2. The highest BCUT2D eigenvalue weighted by molar-refractivity contribution is 7.92. The van der Waals surface area contributed by atoms with Crippen molar-refractivity contribution in [2.24, 2.45) is 0 Å². The van der Waals surface area contributed by atoms with Crippen LogP contribution in [0.5, 0.6) is 17.2 Å². The number of carbonyl (C=O) groups is 2. The summed E-state index contributed by atoms with van der Waals surface area (Å²) in [6.45, 7) is 2.17. The maximum atomic E-state index is 12.8.